The van der Waals surface area contributed by atoms with E-state index < -0.39 is 9.84 Å². The molecule has 0 aliphatic rings. The van der Waals surface area contributed by atoms with E-state index in [4.69, 9.17) is 0 Å². The van der Waals surface area contributed by atoms with E-state index in [0.29, 0.717) is 10.8 Å². The molecule has 0 unspecified atom stereocenters. The number of hydrogen-bond acceptors (Lipinski definition) is 2. The summed E-state index contributed by atoms with van der Waals surface area (Å²) < 4.78 is 24.2. The number of fused-ring (bicyclic) bond motifs is 1. The first-order valence-electron chi connectivity index (χ1n) is 6.21. The van der Waals surface area contributed by atoms with Gasteiger partial charge in [-0.05, 0) is 29.0 Å². The molecule has 2 aromatic carbocycles. The summed E-state index contributed by atoms with van der Waals surface area (Å²) in [4.78, 5) is 0.449. The molecular weight excluding hydrogens is 244 g/mol. The standard InChI is InChI=1S/C15H18O2S/c1-4-18(16,17)15-7-5-6-12-8-9-13(11(2)3)10-14(12)15/h5-11H,4H2,1-3H3. The summed E-state index contributed by atoms with van der Waals surface area (Å²) in [5, 5.41) is 1.82. The third-order valence-corrected chi connectivity index (χ3v) is 5.03. The van der Waals surface area contributed by atoms with E-state index in [2.05, 4.69) is 19.9 Å². The van der Waals surface area contributed by atoms with Crippen LogP contribution in [-0.2, 0) is 9.84 Å². The van der Waals surface area contributed by atoms with Gasteiger partial charge in [0.25, 0.3) is 0 Å². The minimum Gasteiger partial charge on any atom is -0.224 e. The van der Waals surface area contributed by atoms with Gasteiger partial charge in [-0.1, -0.05) is 45.0 Å². The highest BCUT2D eigenvalue weighted by Crippen LogP contribution is 2.27. The van der Waals surface area contributed by atoms with E-state index in [1.807, 2.05) is 18.2 Å². The predicted molar refractivity (Wildman–Crippen MR) is 75.8 cm³/mol. The Bertz CT molecular complexity index is 670. The third kappa shape index (κ3) is 2.27. The van der Waals surface area contributed by atoms with Gasteiger partial charge in [-0.2, -0.15) is 0 Å². The van der Waals surface area contributed by atoms with Crippen LogP contribution in [0.25, 0.3) is 10.8 Å². The van der Waals surface area contributed by atoms with E-state index in [9.17, 15) is 8.42 Å². The van der Waals surface area contributed by atoms with E-state index in [0.717, 1.165) is 10.8 Å². The second-order valence-corrected chi connectivity index (χ2v) is 7.04. The summed E-state index contributed by atoms with van der Waals surface area (Å²) in [5.41, 5.74) is 1.17. The topological polar surface area (TPSA) is 34.1 Å². The zero-order chi connectivity index (χ0) is 13.3. The minimum absolute atomic E-state index is 0.137. The first-order valence-corrected chi connectivity index (χ1v) is 7.86. The molecular formula is C15H18O2S. The van der Waals surface area contributed by atoms with Gasteiger partial charge >= 0.3 is 0 Å². The highest BCUT2D eigenvalue weighted by molar-refractivity contribution is 7.91. The van der Waals surface area contributed by atoms with E-state index in [1.54, 1.807) is 19.1 Å². The fourth-order valence-electron chi connectivity index (χ4n) is 2.05. The first-order chi connectivity index (χ1) is 8.45. The Labute approximate surface area is 109 Å². The van der Waals surface area contributed by atoms with Crippen LogP contribution in [0.3, 0.4) is 0 Å². The van der Waals surface area contributed by atoms with E-state index >= 15 is 0 Å². The molecule has 3 heteroatoms. The Morgan fingerprint density at radius 3 is 2.44 bits per heavy atom. The van der Waals surface area contributed by atoms with Gasteiger partial charge in [0, 0.05) is 5.39 Å². The highest BCUT2D eigenvalue weighted by atomic mass is 32.2. The molecule has 0 fully saturated rings. The van der Waals surface area contributed by atoms with Crippen molar-refractivity contribution in [2.24, 2.45) is 0 Å². The summed E-state index contributed by atoms with van der Waals surface area (Å²) in [6.07, 6.45) is 0. The smallest absolute Gasteiger partial charge is 0.178 e. The molecule has 2 aromatic rings. The van der Waals surface area contributed by atoms with Gasteiger partial charge < -0.3 is 0 Å². The summed E-state index contributed by atoms with van der Waals surface area (Å²) in [5.74, 6) is 0.532. The summed E-state index contributed by atoms with van der Waals surface area (Å²) in [6.45, 7) is 5.90. The van der Waals surface area contributed by atoms with Crippen molar-refractivity contribution in [3.63, 3.8) is 0 Å². The van der Waals surface area contributed by atoms with Crippen molar-refractivity contribution < 1.29 is 8.42 Å². The molecule has 0 bridgehead atoms. The average molecular weight is 262 g/mol. The highest BCUT2D eigenvalue weighted by Gasteiger charge is 2.15. The van der Waals surface area contributed by atoms with Crippen LogP contribution in [-0.4, -0.2) is 14.2 Å². The molecule has 0 aliphatic heterocycles. The normalized spacial score (nSPS) is 12.2. The molecule has 0 heterocycles. The lowest BCUT2D eigenvalue weighted by Crippen LogP contribution is -2.04. The lowest BCUT2D eigenvalue weighted by Gasteiger charge is -2.10. The third-order valence-electron chi connectivity index (χ3n) is 3.25. The van der Waals surface area contributed by atoms with Gasteiger partial charge in [0.15, 0.2) is 9.84 Å². The summed E-state index contributed by atoms with van der Waals surface area (Å²) in [7, 11) is -3.17. The molecule has 0 saturated carbocycles. The van der Waals surface area contributed by atoms with Crippen molar-refractivity contribution in [1.29, 1.82) is 0 Å². The lowest BCUT2D eigenvalue weighted by atomic mass is 9.99. The fourth-order valence-corrected chi connectivity index (χ4v) is 3.16. The molecule has 0 radical (unpaired) electrons. The van der Waals surface area contributed by atoms with Crippen LogP contribution in [0.1, 0.15) is 32.3 Å². The average Bonchev–Trinajstić information content (AvgIpc) is 2.37. The molecule has 0 atom stereocenters. The molecule has 0 saturated heterocycles. The van der Waals surface area contributed by atoms with Crippen LogP contribution in [0.15, 0.2) is 41.3 Å². The van der Waals surface area contributed by atoms with Crippen molar-refractivity contribution in [1.82, 2.24) is 0 Å². The predicted octanol–water partition coefficient (Wildman–Crippen LogP) is 3.76. The second kappa shape index (κ2) is 4.73. The van der Waals surface area contributed by atoms with Crippen LogP contribution in [0.2, 0.25) is 0 Å². The number of sulfone groups is 1. The van der Waals surface area contributed by atoms with Crippen molar-refractivity contribution in [2.45, 2.75) is 31.6 Å². The Kier molecular flexibility index (Phi) is 3.44. The van der Waals surface area contributed by atoms with Crippen LogP contribution >= 0.6 is 0 Å². The van der Waals surface area contributed by atoms with Crippen LogP contribution in [0.5, 0.6) is 0 Å². The Hall–Kier alpha value is -1.35. The fraction of sp³-hybridized carbons (Fsp3) is 0.333. The van der Waals surface area contributed by atoms with Gasteiger partial charge in [-0.25, -0.2) is 8.42 Å². The van der Waals surface area contributed by atoms with Gasteiger partial charge in [0.2, 0.25) is 0 Å². The molecule has 0 N–H and O–H groups in total. The Morgan fingerprint density at radius 2 is 1.83 bits per heavy atom. The number of benzene rings is 2. The summed E-state index contributed by atoms with van der Waals surface area (Å²) in [6, 6.07) is 11.5. The molecule has 0 aliphatic carbocycles. The van der Waals surface area contributed by atoms with Gasteiger partial charge in [-0.3, -0.25) is 0 Å². The maximum atomic E-state index is 12.1. The van der Waals surface area contributed by atoms with E-state index in [1.165, 1.54) is 5.56 Å². The zero-order valence-corrected chi connectivity index (χ0v) is 11.8. The van der Waals surface area contributed by atoms with Crippen LogP contribution in [0.4, 0.5) is 0 Å². The molecule has 0 spiro atoms. The van der Waals surface area contributed by atoms with Gasteiger partial charge in [-0.15, -0.1) is 0 Å². The lowest BCUT2D eigenvalue weighted by molar-refractivity contribution is 0.598. The number of hydrogen-bond donors (Lipinski definition) is 0. The maximum Gasteiger partial charge on any atom is 0.178 e. The van der Waals surface area contributed by atoms with Crippen molar-refractivity contribution in [2.75, 3.05) is 5.75 Å². The van der Waals surface area contributed by atoms with Crippen LogP contribution in [0, 0.1) is 0 Å². The molecule has 0 aromatic heterocycles. The molecule has 2 nitrogen and oxygen atoms in total. The zero-order valence-electron chi connectivity index (χ0n) is 11.0. The number of rotatable bonds is 3. The molecule has 0 amide bonds. The second-order valence-electron chi connectivity index (χ2n) is 4.79. The van der Waals surface area contributed by atoms with Crippen LogP contribution < -0.4 is 0 Å². The quantitative estimate of drug-likeness (QED) is 0.844. The van der Waals surface area contributed by atoms with Gasteiger partial charge in [0.1, 0.15) is 0 Å². The minimum atomic E-state index is -3.17. The SMILES string of the molecule is CCS(=O)(=O)c1cccc2ccc(C(C)C)cc12. The van der Waals surface area contributed by atoms with Gasteiger partial charge in [0.05, 0.1) is 10.6 Å². The maximum absolute atomic E-state index is 12.1. The Morgan fingerprint density at radius 1 is 1.11 bits per heavy atom. The first kappa shape index (κ1) is 13.1. The molecule has 18 heavy (non-hydrogen) atoms. The van der Waals surface area contributed by atoms with E-state index in [-0.39, 0.29) is 5.75 Å². The summed E-state index contributed by atoms with van der Waals surface area (Å²) >= 11 is 0. The molecule has 2 rings (SSSR count). The monoisotopic (exact) mass is 262 g/mol. The van der Waals surface area contributed by atoms with Crippen molar-refractivity contribution in [3.8, 4) is 0 Å². The Balaban J connectivity index is 2.78. The van der Waals surface area contributed by atoms with Crippen molar-refractivity contribution >= 4 is 20.6 Å². The van der Waals surface area contributed by atoms with Crippen molar-refractivity contribution in [3.05, 3.63) is 42.0 Å². The molecule has 96 valence electrons. The largest absolute Gasteiger partial charge is 0.224 e.